The number of carbonyl (C=O) groups is 2. The molecule has 1 aliphatic heterocycles. The van der Waals surface area contributed by atoms with E-state index in [1.807, 2.05) is 21.7 Å². The maximum absolute atomic E-state index is 12.3. The van der Waals surface area contributed by atoms with Crippen LogP contribution in [0.4, 0.5) is 0 Å². The van der Waals surface area contributed by atoms with E-state index in [4.69, 9.17) is 0 Å². The number of rotatable bonds is 3. The van der Waals surface area contributed by atoms with Crippen molar-refractivity contribution in [2.75, 3.05) is 26.2 Å². The molecular formula is C15H17N3O2S2. The van der Waals surface area contributed by atoms with Crippen LogP contribution in [0.25, 0.3) is 0 Å². The van der Waals surface area contributed by atoms with Crippen LogP contribution in [0.5, 0.6) is 0 Å². The summed E-state index contributed by atoms with van der Waals surface area (Å²) < 4.78 is 0. The van der Waals surface area contributed by atoms with Gasteiger partial charge in [-0.05, 0) is 28.8 Å². The number of carbonyl (C=O) groups excluding carboxylic acids is 2. The van der Waals surface area contributed by atoms with E-state index in [9.17, 15) is 9.59 Å². The van der Waals surface area contributed by atoms with Crippen molar-refractivity contribution < 1.29 is 9.59 Å². The van der Waals surface area contributed by atoms with E-state index in [1.54, 1.807) is 27.1 Å². The van der Waals surface area contributed by atoms with Crippen molar-refractivity contribution >= 4 is 34.5 Å². The van der Waals surface area contributed by atoms with Gasteiger partial charge < -0.3 is 9.80 Å². The zero-order valence-corrected chi connectivity index (χ0v) is 13.7. The summed E-state index contributed by atoms with van der Waals surface area (Å²) in [6, 6.07) is 1.98. The van der Waals surface area contributed by atoms with E-state index in [2.05, 4.69) is 4.98 Å². The second-order valence-electron chi connectivity index (χ2n) is 5.21. The highest BCUT2D eigenvalue weighted by Gasteiger charge is 2.23. The second kappa shape index (κ2) is 7.02. The van der Waals surface area contributed by atoms with Crippen LogP contribution in [0.15, 0.2) is 27.7 Å². The zero-order valence-electron chi connectivity index (χ0n) is 12.1. The molecule has 1 aliphatic rings. The Morgan fingerprint density at radius 2 is 1.91 bits per heavy atom. The van der Waals surface area contributed by atoms with Gasteiger partial charge in [0.05, 0.1) is 11.9 Å². The molecule has 22 heavy (non-hydrogen) atoms. The van der Waals surface area contributed by atoms with E-state index in [-0.39, 0.29) is 11.8 Å². The minimum Gasteiger partial charge on any atom is -0.341 e. The van der Waals surface area contributed by atoms with E-state index >= 15 is 0 Å². The van der Waals surface area contributed by atoms with E-state index in [1.165, 1.54) is 11.3 Å². The average molecular weight is 335 g/mol. The van der Waals surface area contributed by atoms with Gasteiger partial charge in [-0.3, -0.25) is 9.59 Å². The van der Waals surface area contributed by atoms with Gasteiger partial charge in [0.15, 0.2) is 0 Å². The molecule has 1 saturated heterocycles. The summed E-state index contributed by atoms with van der Waals surface area (Å²) in [5.74, 6) is 0.106. The Labute approximate surface area is 137 Å². The van der Waals surface area contributed by atoms with E-state index < -0.39 is 0 Å². The molecule has 3 rings (SSSR count). The van der Waals surface area contributed by atoms with Gasteiger partial charge in [-0.2, -0.15) is 11.3 Å². The van der Waals surface area contributed by atoms with Crippen LogP contribution in [0, 0.1) is 0 Å². The number of nitrogens with zero attached hydrogens (tertiary/aromatic N) is 3. The standard InChI is InChI=1S/C15H17N3O2S2/c19-14(8-12-2-7-21-9-12)17-3-1-4-18(6-5-17)15(20)13-10-22-11-16-13/h2,7,9-11H,1,3-6,8H2. The first kappa shape index (κ1) is 15.2. The van der Waals surface area contributed by atoms with Crippen LogP contribution in [-0.4, -0.2) is 52.8 Å². The summed E-state index contributed by atoms with van der Waals surface area (Å²) in [4.78, 5) is 32.4. The smallest absolute Gasteiger partial charge is 0.273 e. The van der Waals surface area contributed by atoms with Crippen molar-refractivity contribution in [2.24, 2.45) is 0 Å². The van der Waals surface area contributed by atoms with Gasteiger partial charge in [0, 0.05) is 31.6 Å². The predicted molar refractivity (Wildman–Crippen MR) is 87.2 cm³/mol. The quantitative estimate of drug-likeness (QED) is 0.863. The molecule has 0 N–H and O–H groups in total. The fourth-order valence-corrected chi connectivity index (χ4v) is 3.72. The van der Waals surface area contributed by atoms with Crippen LogP contribution < -0.4 is 0 Å². The number of hydrogen-bond acceptors (Lipinski definition) is 5. The minimum atomic E-state index is -0.0339. The first-order valence-electron chi connectivity index (χ1n) is 7.20. The van der Waals surface area contributed by atoms with Gasteiger partial charge in [0.1, 0.15) is 5.69 Å². The highest BCUT2D eigenvalue weighted by molar-refractivity contribution is 7.08. The lowest BCUT2D eigenvalue weighted by atomic mass is 10.2. The van der Waals surface area contributed by atoms with Crippen LogP contribution in [0.1, 0.15) is 22.5 Å². The summed E-state index contributed by atoms with van der Waals surface area (Å²) in [5.41, 5.74) is 3.24. The molecule has 0 radical (unpaired) electrons. The fraction of sp³-hybridized carbons (Fsp3) is 0.400. The number of hydrogen-bond donors (Lipinski definition) is 0. The Kier molecular flexibility index (Phi) is 4.84. The SMILES string of the molecule is O=C(Cc1ccsc1)N1CCCN(C(=O)c2cscn2)CC1. The van der Waals surface area contributed by atoms with Gasteiger partial charge >= 0.3 is 0 Å². The molecule has 0 saturated carbocycles. The molecule has 0 unspecified atom stereocenters. The van der Waals surface area contributed by atoms with Gasteiger partial charge in [-0.25, -0.2) is 4.98 Å². The number of thiazole rings is 1. The average Bonchev–Trinajstić information content (AvgIpc) is 3.16. The zero-order chi connectivity index (χ0) is 15.4. The number of amides is 2. The first-order chi connectivity index (χ1) is 10.7. The van der Waals surface area contributed by atoms with E-state index in [0.717, 1.165) is 12.0 Å². The minimum absolute atomic E-state index is 0.0339. The molecule has 3 heterocycles. The van der Waals surface area contributed by atoms with Gasteiger partial charge in [0.2, 0.25) is 5.91 Å². The molecule has 0 spiro atoms. The Balaban J connectivity index is 1.57. The van der Waals surface area contributed by atoms with Gasteiger partial charge in [-0.15, -0.1) is 11.3 Å². The predicted octanol–water partition coefficient (Wildman–Crippen LogP) is 2.12. The second-order valence-corrected chi connectivity index (χ2v) is 6.71. The lowest BCUT2D eigenvalue weighted by molar-refractivity contribution is -0.130. The molecular weight excluding hydrogens is 318 g/mol. The highest BCUT2D eigenvalue weighted by Crippen LogP contribution is 2.12. The third-order valence-electron chi connectivity index (χ3n) is 3.72. The van der Waals surface area contributed by atoms with Crippen molar-refractivity contribution in [3.8, 4) is 0 Å². The Morgan fingerprint density at radius 3 is 2.64 bits per heavy atom. The third-order valence-corrected chi connectivity index (χ3v) is 5.04. The maximum Gasteiger partial charge on any atom is 0.273 e. The van der Waals surface area contributed by atoms with Crippen molar-refractivity contribution in [3.63, 3.8) is 0 Å². The number of thiophene rings is 1. The fourth-order valence-electron chi connectivity index (χ4n) is 2.53. The van der Waals surface area contributed by atoms with Crippen molar-refractivity contribution in [1.82, 2.24) is 14.8 Å². The summed E-state index contributed by atoms with van der Waals surface area (Å²) in [7, 11) is 0. The van der Waals surface area contributed by atoms with Crippen molar-refractivity contribution in [2.45, 2.75) is 12.8 Å². The van der Waals surface area contributed by atoms with Crippen LogP contribution in [0.2, 0.25) is 0 Å². The largest absolute Gasteiger partial charge is 0.341 e. The molecule has 7 heteroatoms. The number of aromatic nitrogens is 1. The van der Waals surface area contributed by atoms with Crippen LogP contribution in [-0.2, 0) is 11.2 Å². The Hall–Kier alpha value is -1.73. The molecule has 2 aromatic heterocycles. The van der Waals surface area contributed by atoms with Crippen molar-refractivity contribution in [1.29, 1.82) is 0 Å². The molecule has 0 bridgehead atoms. The topological polar surface area (TPSA) is 53.5 Å². The molecule has 116 valence electrons. The molecule has 0 aliphatic carbocycles. The van der Waals surface area contributed by atoms with Gasteiger partial charge in [0.25, 0.3) is 5.91 Å². The summed E-state index contributed by atoms with van der Waals surface area (Å²) in [5, 5.41) is 5.76. The first-order valence-corrected chi connectivity index (χ1v) is 9.09. The summed E-state index contributed by atoms with van der Waals surface area (Å²) >= 11 is 3.03. The molecule has 0 aromatic carbocycles. The molecule has 0 atom stereocenters. The third kappa shape index (κ3) is 3.53. The lowest BCUT2D eigenvalue weighted by Gasteiger charge is -2.21. The van der Waals surface area contributed by atoms with Crippen molar-refractivity contribution in [3.05, 3.63) is 39.0 Å². The molecule has 2 aromatic rings. The summed E-state index contributed by atoms with van der Waals surface area (Å²) in [6.07, 6.45) is 1.26. The lowest BCUT2D eigenvalue weighted by Crippen LogP contribution is -2.38. The Bertz CT molecular complexity index is 625. The van der Waals surface area contributed by atoms with Gasteiger partial charge in [-0.1, -0.05) is 0 Å². The Morgan fingerprint density at radius 1 is 1.09 bits per heavy atom. The van der Waals surface area contributed by atoms with E-state index in [0.29, 0.717) is 38.3 Å². The summed E-state index contributed by atoms with van der Waals surface area (Å²) in [6.45, 7) is 2.56. The van der Waals surface area contributed by atoms with Crippen LogP contribution >= 0.6 is 22.7 Å². The molecule has 5 nitrogen and oxygen atoms in total. The highest BCUT2D eigenvalue weighted by atomic mass is 32.1. The monoisotopic (exact) mass is 335 g/mol. The van der Waals surface area contributed by atoms with Crippen LogP contribution in [0.3, 0.4) is 0 Å². The maximum atomic E-state index is 12.3. The molecule has 2 amide bonds. The normalized spacial score (nSPS) is 15.6. The molecule has 1 fully saturated rings.